The Balaban J connectivity index is 1.47. The third kappa shape index (κ3) is 4.24. The molecule has 0 spiro atoms. The first-order valence-electron chi connectivity index (χ1n) is 8.01. The van der Waals surface area contributed by atoms with E-state index < -0.39 is 5.67 Å². The summed E-state index contributed by atoms with van der Waals surface area (Å²) in [5.41, 5.74) is -0.497. The van der Waals surface area contributed by atoms with Gasteiger partial charge in [0.25, 0.3) is 0 Å². The molecule has 2 aromatic carbocycles. The molecule has 122 valence electrons. The Bertz CT molecular complexity index is 609. The molecule has 0 bridgehead atoms. The predicted molar refractivity (Wildman–Crippen MR) is 91.8 cm³/mol. The Labute approximate surface area is 141 Å². The number of ether oxygens (including phenoxy) is 1. The van der Waals surface area contributed by atoms with Crippen LogP contribution in [0.4, 0.5) is 4.39 Å². The molecule has 0 atom stereocenters. The van der Waals surface area contributed by atoms with Crippen molar-refractivity contribution in [2.45, 2.75) is 18.5 Å². The van der Waals surface area contributed by atoms with Gasteiger partial charge in [-0.2, -0.15) is 0 Å². The lowest BCUT2D eigenvalue weighted by Gasteiger charge is -2.36. The van der Waals surface area contributed by atoms with Gasteiger partial charge in [0, 0.05) is 24.7 Å². The van der Waals surface area contributed by atoms with Crippen molar-refractivity contribution in [2.24, 2.45) is 0 Å². The quantitative estimate of drug-likeness (QED) is 0.787. The molecule has 0 aromatic heterocycles. The highest BCUT2D eigenvalue weighted by Crippen LogP contribution is 2.37. The van der Waals surface area contributed by atoms with E-state index >= 15 is 4.39 Å². The van der Waals surface area contributed by atoms with Gasteiger partial charge in [0.1, 0.15) is 18.0 Å². The number of halogens is 2. The molecule has 1 aliphatic heterocycles. The SMILES string of the molecule is FC1(c2ccc(Cl)cc2)CCN(CCOc2ccccc2)CC1. The van der Waals surface area contributed by atoms with Gasteiger partial charge in [-0.1, -0.05) is 41.9 Å². The smallest absolute Gasteiger partial charge is 0.138 e. The predicted octanol–water partition coefficient (Wildman–Crippen LogP) is 4.68. The van der Waals surface area contributed by atoms with E-state index in [0.29, 0.717) is 24.5 Å². The Morgan fingerprint density at radius 3 is 2.30 bits per heavy atom. The molecular formula is C19H21ClFNO. The number of rotatable bonds is 5. The lowest BCUT2D eigenvalue weighted by atomic mass is 9.86. The number of likely N-dealkylation sites (tertiary alicyclic amines) is 1. The van der Waals surface area contributed by atoms with Crippen LogP contribution in [0, 0.1) is 0 Å². The number of nitrogens with zero attached hydrogens (tertiary/aromatic N) is 1. The number of para-hydroxylation sites is 1. The largest absolute Gasteiger partial charge is 0.492 e. The van der Waals surface area contributed by atoms with Gasteiger partial charge >= 0.3 is 0 Å². The van der Waals surface area contributed by atoms with Gasteiger partial charge in [-0.25, -0.2) is 4.39 Å². The normalized spacial score (nSPS) is 17.8. The van der Waals surface area contributed by atoms with Crippen LogP contribution in [0.25, 0.3) is 0 Å². The van der Waals surface area contributed by atoms with Crippen LogP contribution in [0.1, 0.15) is 18.4 Å². The first-order chi connectivity index (χ1) is 11.2. The zero-order valence-corrected chi connectivity index (χ0v) is 13.8. The average Bonchev–Trinajstić information content (AvgIpc) is 2.58. The highest BCUT2D eigenvalue weighted by Gasteiger charge is 2.35. The summed E-state index contributed by atoms with van der Waals surface area (Å²) in [5, 5.41) is 0.646. The Kier molecular flexibility index (Phi) is 5.19. The molecular weight excluding hydrogens is 313 g/mol. The van der Waals surface area contributed by atoms with Crippen molar-refractivity contribution in [2.75, 3.05) is 26.2 Å². The average molecular weight is 334 g/mol. The molecule has 2 aromatic rings. The van der Waals surface area contributed by atoms with Crippen LogP contribution < -0.4 is 4.74 Å². The van der Waals surface area contributed by atoms with Gasteiger partial charge in [-0.15, -0.1) is 0 Å². The highest BCUT2D eigenvalue weighted by atomic mass is 35.5. The molecule has 3 rings (SSSR count). The molecule has 1 saturated heterocycles. The summed E-state index contributed by atoms with van der Waals surface area (Å²) < 4.78 is 20.8. The monoisotopic (exact) mass is 333 g/mol. The Hall–Kier alpha value is -1.58. The zero-order chi connectivity index (χ0) is 16.1. The zero-order valence-electron chi connectivity index (χ0n) is 13.1. The minimum absolute atomic E-state index is 0.514. The molecule has 0 saturated carbocycles. The fourth-order valence-corrected chi connectivity index (χ4v) is 3.10. The second-order valence-electron chi connectivity index (χ2n) is 5.98. The summed E-state index contributed by atoms with van der Waals surface area (Å²) in [7, 11) is 0. The molecule has 23 heavy (non-hydrogen) atoms. The van der Waals surface area contributed by atoms with Crippen molar-refractivity contribution in [3.05, 3.63) is 65.2 Å². The summed E-state index contributed by atoms with van der Waals surface area (Å²) in [6.45, 7) is 2.95. The fraction of sp³-hybridized carbons (Fsp3) is 0.368. The van der Waals surface area contributed by atoms with Crippen molar-refractivity contribution in [1.29, 1.82) is 0 Å². The first-order valence-corrected chi connectivity index (χ1v) is 8.39. The Morgan fingerprint density at radius 2 is 1.65 bits per heavy atom. The standard InChI is InChI=1S/C19H21ClFNO/c20-17-8-6-16(7-9-17)19(21)10-12-22(13-11-19)14-15-23-18-4-2-1-3-5-18/h1-9H,10-15H2. The second-order valence-corrected chi connectivity index (χ2v) is 6.41. The summed E-state index contributed by atoms with van der Waals surface area (Å²) in [6.07, 6.45) is 1.03. The van der Waals surface area contributed by atoms with Crippen LogP contribution in [0.15, 0.2) is 54.6 Å². The molecule has 4 heteroatoms. The molecule has 0 aliphatic carbocycles. The van der Waals surface area contributed by atoms with Crippen molar-refractivity contribution in [1.82, 2.24) is 4.90 Å². The topological polar surface area (TPSA) is 12.5 Å². The minimum Gasteiger partial charge on any atom is -0.492 e. The van der Waals surface area contributed by atoms with Crippen molar-refractivity contribution >= 4 is 11.6 Å². The number of piperidine rings is 1. The van der Waals surface area contributed by atoms with Gasteiger partial charge in [0.15, 0.2) is 0 Å². The fourth-order valence-electron chi connectivity index (χ4n) is 2.98. The lowest BCUT2D eigenvalue weighted by molar-refractivity contribution is 0.0501. The molecule has 0 amide bonds. The van der Waals surface area contributed by atoms with Gasteiger partial charge in [0.05, 0.1) is 0 Å². The lowest BCUT2D eigenvalue weighted by Crippen LogP contribution is -2.41. The maximum absolute atomic E-state index is 15.1. The number of alkyl halides is 1. The van der Waals surface area contributed by atoms with Crippen LogP contribution in [-0.4, -0.2) is 31.1 Å². The van der Waals surface area contributed by atoms with Crippen molar-refractivity contribution in [3.8, 4) is 5.75 Å². The van der Waals surface area contributed by atoms with E-state index in [9.17, 15) is 0 Å². The molecule has 0 radical (unpaired) electrons. The van der Waals surface area contributed by atoms with Gasteiger partial charge in [0.2, 0.25) is 0 Å². The van der Waals surface area contributed by atoms with Gasteiger partial charge in [-0.05, 0) is 42.7 Å². The highest BCUT2D eigenvalue weighted by molar-refractivity contribution is 6.30. The first kappa shape index (κ1) is 16.3. The van der Waals surface area contributed by atoms with E-state index in [1.54, 1.807) is 24.3 Å². The van der Waals surface area contributed by atoms with Crippen LogP contribution in [-0.2, 0) is 5.67 Å². The van der Waals surface area contributed by atoms with Crippen LogP contribution in [0.2, 0.25) is 5.02 Å². The van der Waals surface area contributed by atoms with Crippen LogP contribution in [0.3, 0.4) is 0 Å². The van der Waals surface area contributed by atoms with Crippen molar-refractivity contribution in [3.63, 3.8) is 0 Å². The van der Waals surface area contributed by atoms with E-state index in [0.717, 1.165) is 30.9 Å². The molecule has 1 heterocycles. The van der Waals surface area contributed by atoms with E-state index in [2.05, 4.69) is 4.90 Å². The minimum atomic E-state index is -1.23. The Morgan fingerprint density at radius 1 is 1.00 bits per heavy atom. The number of hydrogen-bond donors (Lipinski definition) is 0. The molecule has 1 fully saturated rings. The summed E-state index contributed by atoms with van der Waals surface area (Å²) in [5.74, 6) is 0.880. The van der Waals surface area contributed by atoms with Gasteiger partial charge < -0.3 is 4.74 Å². The van der Waals surface area contributed by atoms with Crippen LogP contribution in [0.5, 0.6) is 5.75 Å². The third-order valence-corrected chi connectivity index (χ3v) is 4.68. The third-order valence-electron chi connectivity index (χ3n) is 4.43. The van der Waals surface area contributed by atoms with E-state index in [-0.39, 0.29) is 0 Å². The van der Waals surface area contributed by atoms with Crippen molar-refractivity contribution < 1.29 is 9.13 Å². The van der Waals surface area contributed by atoms with E-state index in [4.69, 9.17) is 16.3 Å². The van der Waals surface area contributed by atoms with Crippen LogP contribution >= 0.6 is 11.6 Å². The number of benzene rings is 2. The molecule has 0 unspecified atom stereocenters. The molecule has 0 N–H and O–H groups in total. The van der Waals surface area contributed by atoms with E-state index in [1.165, 1.54) is 0 Å². The maximum atomic E-state index is 15.1. The summed E-state index contributed by atoms with van der Waals surface area (Å²) >= 11 is 5.88. The summed E-state index contributed by atoms with van der Waals surface area (Å²) in [6, 6.07) is 16.9. The number of hydrogen-bond acceptors (Lipinski definition) is 2. The molecule has 1 aliphatic rings. The maximum Gasteiger partial charge on any atom is 0.138 e. The summed E-state index contributed by atoms with van der Waals surface area (Å²) in [4.78, 5) is 2.26. The second kappa shape index (κ2) is 7.33. The van der Waals surface area contributed by atoms with Gasteiger partial charge in [-0.3, -0.25) is 4.90 Å². The van der Waals surface area contributed by atoms with E-state index in [1.807, 2.05) is 30.3 Å². The molecule has 2 nitrogen and oxygen atoms in total.